The first-order valence-electron chi connectivity index (χ1n) is 6.84. The van der Waals surface area contributed by atoms with Gasteiger partial charge in [0.25, 0.3) is 0 Å². The van der Waals surface area contributed by atoms with Gasteiger partial charge in [-0.05, 0) is 37.1 Å². The van der Waals surface area contributed by atoms with E-state index in [9.17, 15) is 4.79 Å². The first-order valence-corrected chi connectivity index (χ1v) is 6.84. The van der Waals surface area contributed by atoms with Crippen molar-refractivity contribution in [2.75, 3.05) is 0 Å². The van der Waals surface area contributed by atoms with Crippen molar-refractivity contribution in [1.82, 2.24) is 0 Å². The first-order chi connectivity index (χ1) is 10.2. The lowest BCUT2D eigenvalue weighted by Crippen LogP contribution is -1.81. The minimum Gasteiger partial charge on any atom is -0.299 e. The maximum atomic E-state index is 10.3. The lowest BCUT2D eigenvalue weighted by atomic mass is 10.1. The molecule has 0 bridgehead atoms. The standard InChI is InChI=1S/C18H18N2O/c1-14(5-3-6-15(2)11-12-21)9-10-16-7-4-8-17(13-16)18-19-20-18/h3-13,18H,1-2H3. The highest BCUT2D eigenvalue weighted by molar-refractivity contribution is 5.67. The predicted molar refractivity (Wildman–Crippen MR) is 85.8 cm³/mol. The van der Waals surface area contributed by atoms with Gasteiger partial charge in [-0.2, -0.15) is 10.2 Å². The number of hydrogen-bond donors (Lipinski definition) is 0. The van der Waals surface area contributed by atoms with Crippen LogP contribution in [0.15, 0.2) is 76.0 Å². The van der Waals surface area contributed by atoms with E-state index < -0.39 is 0 Å². The number of hydrogen-bond acceptors (Lipinski definition) is 3. The van der Waals surface area contributed by atoms with E-state index in [4.69, 9.17) is 0 Å². The van der Waals surface area contributed by atoms with Crippen LogP contribution in [0.1, 0.15) is 31.1 Å². The highest BCUT2D eigenvalue weighted by Crippen LogP contribution is 2.30. The molecule has 1 aliphatic rings. The Hall–Kier alpha value is -2.55. The first kappa shape index (κ1) is 14.9. The third kappa shape index (κ3) is 5.15. The van der Waals surface area contributed by atoms with Crippen LogP contribution in [0.4, 0.5) is 0 Å². The molecule has 0 fully saturated rings. The van der Waals surface area contributed by atoms with Gasteiger partial charge in [0.1, 0.15) is 6.29 Å². The average Bonchev–Trinajstić information content (AvgIpc) is 3.30. The number of carbonyl (C=O) groups excluding carboxylic acids is 1. The van der Waals surface area contributed by atoms with Crippen molar-refractivity contribution in [3.8, 4) is 0 Å². The van der Waals surface area contributed by atoms with Crippen molar-refractivity contribution in [3.63, 3.8) is 0 Å². The Morgan fingerprint density at radius 3 is 2.57 bits per heavy atom. The molecule has 0 N–H and O–H groups in total. The van der Waals surface area contributed by atoms with Gasteiger partial charge in [-0.25, -0.2) is 0 Å². The molecule has 1 aromatic rings. The maximum absolute atomic E-state index is 10.3. The van der Waals surface area contributed by atoms with Crippen LogP contribution >= 0.6 is 0 Å². The van der Waals surface area contributed by atoms with Gasteiger partial charge in [-0.15, -0.1) is 0 Å². The molecule has 3 nitrogen and oxygen atoms in total. The zero-order valence-corrected chi connectivity index (χ0v) is 12.2. The summed E-state index contributed by atoms with van der Waals surface area (Å²) in [7, 11) is 0. The lowest BCUT2D eigenvalue weighted by molar-refractivity contribution is -0.104. The van der Waals surface area contributed by atoms with E-state index in [0.29, 0.717) is 0 Å². The summed E-state index contributed by atoms with van der Waals surface area (Å²) < 4.78 is 0. The fraction of sp³-hybridized carbons (Fsp3) is 0.167. The van der Waals surface area contributed by atoms with Crippen LogP contribution in [-0.4, -0.2) is 6.29 Å². The number of aldehydes is 1. The monoisotopic (exact) mass is 278 g/mol. The molecule has 21 heavy (non-hydrogen) atoms. The van der Waals surface area contributed by atoms with Gasteiger partial charge in [-0.3, -0.25) is 4.79 Å². The number of rotatable bonds is 6. The van der Waals surface area contributed by atoms with Gasteiger partial charge in [-0.1, -0.05) is 54.2 Å². The molecule has 0 saturated heterocycles. The Bertz CT molecular complexity index is 658. The van der Waals surface area contributed by atoms with E-state index in [2.05, 4.69) is 34.5 Å². The van der Waals surface area contributed by atoms with E-state index in [-0.39, 0.29) is 6.17 Å². The van der Waals surface area contributed by atoms with E-state index in [1.807, 2.05) is 44.2 Å². The SMILES string of the molecule is CC(C=CC=C(C)C=Cc1cccc(C2N=N2)c1)=CC=O. The van der Waals surface area contributed by atoms with Crippen molar-refractivity contribution < 1.29 is 4.79 Å². The molecule has 0 aliphatic carbocycles. The maximum Gasteiger partial charge on any atom is 0.206 e. The van der Waals surface area contributed by atoms with Crippen LogP contribution < -0.4 is 0 Å². The fourth-order valence-electron chi connectivity index (χ4n) is 1.79. The second kappa shape index (κ2) is 7.29. The van der Waals surface area contributed by atoms with Gasteiger partial charge in [0.05, 0.1) is 0 Å². The van der Waals surface area contributed by atoms with Crippen molar-refractivity contribution >= 4 is 12.4 Å². The Morgan fingerprint density at radius 2 is 1.86 bits per heavy atom. The molecule has 0 saturated carbocycles. The van der Waals surface area contributed by atoms with E-state index >= 15 is 0 Å². The fourth-order valence-corrected chi connectivity index (χ4v) is 1.79. The van der Waals surface area contributed by atoms with Gasteiger partial charge in [0, 0.05) is 5.56 Å². The molecule has 3 heteroatoms. The highest BCUT2D eigenvalue weighted by Gasteiger charge is 2.17. The molecular weight excluding hydrogens is 260 g/mol. The van der Waals surface area contributed by atoms with E-state index in [1.54, 1.807) is 0 Å². The summed E-state index contributed by atoms with van der Waals surface area (Å²) in [4.78, 5) is 10.3. The quantitative estimate of drug-likeness (QED) is 0.418. The zero-order chi connectivity index (χ0) is 15.1. The molecule has 1 aliphatic heterocycles. The summed E-state index contributed by atoms with van der Waals surface area (Å²) in [5.41, 5.74) is 4.34. The van der Waals surface area contributed by atoms with Gasteiger partial charge in [0.2, 0.25) is 6.17 Å². The summed E-state index contributed by atoms with van der Waals surface area (Å²) in [6, 6.07) is 8.21. The van der Waals surface area contributed by atoms with Crippen LogP contribution in [0, 0.1) is 0 Å². The molecule has 0 aromatic heterocycles. The minimum atomic E-state index is 0.0468. The second-order valence-corrected chi connectivity index (χ2v) is 4.92. The Morgan fingerprint density at radius 1 is 1.10 bits per heavy atom. The number of allylic oxidation sites excluding steroid dienone is 7. The summed E-state index contributed by atoms with van der Waals surface area (Å²) in [6.07, 6.45) is 12.4. The zero-order valence-electron chi connectivity index (χ0n) is 12.2. The molecular formula is C18H18N2O. The third-order valence-corrected chi connectivity index (χ3v) is 3.03. The van der Waals surface area contributed by atoms with Crippen molar-refractivity contribution in [3.05, 3.63) is 76.9 Å². The summed E-state index contributed by atoms with van der Waals surface area (Å²) in [5, 5.41) is 7.86. The summed E-state index contributed by atoms with van der Waals surface area (Å²) in [6.45, 7) is 3.93. The van der Waals surface area contributed by atoms with Crippen LogP contribution in [0.5, 0.6) is 0 Å². The molecule has 0 atom stereocenters. The number of carbonyl (C=O) groups is 1. The predicted octanol–water partition coefficient (Wildman–Crippen LogP) is 4.81. The summed E-state index contributed by atoms with van der Waals surface area (Å²) >= 11 is 0. The third-order valence-electron chi connectivity index (χ3n) is 3.03. The second-order valence-electron chi connectivity index (χ2n) is 4.92. The molecule has 1 heterocycles. The van der Waals surface area contributed by atoms with E-state index in [1.165, 1.54) is 6.08 Å². The smallest absolute Gasteiger partial charge is 0.206 e. The van der Waals surface area contributed by atoms with Gasteiger partial charge >= 0.3 is 0 Å². The molecule has 1 aromatic carbocycles. The summed E-state index contributed by atoms with van der Waals surface area (Å²) in [5.74, 6) is 0. The number of nitrogens with zero attached hydrogens (tertiary/aromatic N) is 2. The van der Waals surface area contributed by atoms with Crippen molar-refractivity contribution in [2.24, 2.45) is 10.2 Å². The van der Waals surface area contributed by atoms with Crippen LogP contribution in [0.3, 0.4) is 0 Å². The topological polar surface area (TPSA) is 41.8 Å². The molecule has 0 unspecified atom stereocenters. The molecule has 0 spiro atoms. The highest BCUT2D eigenvalue weighted by atomic mass is 16.1. The molecule has 106 valence electrons. The molecule has 0 amide bonds. The van der Waals surface area contributed by atoms with Gasteiger partial charge in [0.15, 0.2) is 0 Å². The van der Waals surface area contributed by atoms with Crippen LogP contribution in [0.2, 0.25) is 0 Å². The van der Waals surface area contributed by atoms with Crippen LogP contribution in [0.25, 0.3) is 6.08 Å². The molecule has 2 rings (SSSR count). The normalized spacial score (nSPS) is 16.1. The molecule has 0 radical (unpaired) electrons. The minimum absolute atomic E-state index is 0.0468. The van der Waals surface area contributed by atoms with Crippen molar-refractivity contribution in [2.45, 2.75) is 20.0 Å². The van der Waals surface area contributed by atoms with Gasteiger partial charge < -0.3 is 0 Å². The van der Waals surface area contributed by atoms with E-state index in [0.717, 1.165) is 28.6 Å². The largest absolute Gasteiger partial charge is 0.299 e. The lowest BCUT2D eigenvalue weighted by Gasteiger charge is -1.97. The van der Waals surface area contributed by atoms with Crippen LogP contribution in [-0.2, 0) is 4.79 Å². The van der Waals surface area contributed by atoms with Crippen molar-refractivity contribution in [1.29, 1.82) is 0 Å². The average molecular weight is 278 g/mol. The Kier molecular flexibility index (Phi) is 5.16. The Balaban J connectivity index is 1.98. The Labute approximate surface area is 125 Å². The number of benzene rings is 1.